The molecular formula is C17H15BrN2O. The highest BCUT2D eigenvalue weighted by Gasteiger charge is 2.09. The molecule has 1 heterocycles. The van der Waals surface area contributed by atoms with Gasteiger partial charge < -0.3 is 5.11 Å². The highest BCUT2D eigenvalue weighted by molar-refractivity contribution is 9.10. The van der Waals surface area contributed by atoms with Crippen molar-refractivity contribution in [3.05, 3.63) is 71.0 Å². The minimum atomic E-state index is -0.479. The Balaban J connectivity index is 1.97. The second-order valence-electron chi connectivity index (χ2n) is 4.93. The first-order valence-electron chi connectivity index (χ1n) is 6.73. The Morgan fingerprint density at radius 1 is 1.10 bits per heavy atom. The minimum absolute atomic E-state index is 0.479. The minimum Gasteiger partial charge on any atom is -0.389 e. The topological polar surface area (TPSA) is 38.0 Å². The Morgan fingerprint density at radius 2 is 1.86 bits per heavy atom. The molecule has 0 spiro atoms. The number of hydrogen-bond donors (Lipinski definition) is 1. The van der Waals surface area contributed by atoms with E-state index in [2.05, 4.69) is 33.2 Å². The van der Waals surface area contributed by atoms with Gasteiger partial charge in [-0.25, -0.2) is 4.68 Å². The fraction of sp³-hybridized carbons (Fsp3) is 0.118. The number of halogens is 1. The number of aliphatic hydroxyl groups is 1. The summed E-state index contributed by atoms with van der Waals surface area (Å²) in [5, 5.41) is 14.0. The van der Waals surface area contributed by atoms with E-state index in [9.17, 15) is 5.11 Å². The molecule has 106 valence electrons. The third-order valence-corrected chi connectivity index (χ3v) is 4.03. The van der Waals surface area contributed by atoms with Gasteiger partial charge in [0, 0.05) is 16.2 Å². The fourth-order valence-electron chi connectivity index (χ4n) is 2.20. The Bertz CT molecular complexity index is 750. The molecule has 3 rings (SSSR count). The van der Waals surface area contributed by atoms with Gasteiger partial charge in [0.25, 0.3) is 0 Å². The standard InChI is InChI=1S/C17H15BrN2O/c1-12(21)14-7-8-17(16(18)9-14)20-11-15(10-19-20)13-5-3-2-4-6-13/h2-12,21H,1H3/t12-/m0/s1. The number of rotatable bonds is 3. The fourth-order valence-corrected chi connectivity index (χ4v) is 2.78. The Morgan fingerprint density at radius 3 is 2.52 bits per heavy atom. The van der Waals surface area contributed by atoms with Gasteiger partial charge in [-0.05, 0) is 46.1 Å². The molecule has 0 saturated carbocycles. The van der Waals surface area contributed by atoms with Crippen molar-refractivity contribution < 1.29 is 5.11 Å². The summed E-state index contributed by atoms with van der Waals surface area (Å²) in [7, 11) is 0. The zero-order chi connectivity index (χ0) is 14.8. The van der Waals surface area contributed by atoms with Crippen LogP contribution in [0.1, 0.15) is 18.6 Å². The van der Waals surface area contributed by atoms with Crippen LogP contribution in [0.25, 0.3) is 16.8 Å². The van der Waals surface area contributed by atoms with Gasteiger partial charge in [0.05, 0.1) is 18.0 Å². The summed E-state index contributed by atoms with van der Waals surface area (Å²) in [4.78, 5) is 0. The molecule has 0 saturated heterocycles. The predicted octanol–water partition coefficient (Wildman–Crippen LogP) is 4.36. The molecule has 4 heteroatoms. The van der Waals surface area contributed by atoms with Crippen LogP contribution in [0, 0.1) is 0 Å². The molecule has 0 aliphatic heterocycles. The van der Waals surface area contributed by atoms with Crippen molar-refractivity contribution in [3.63, 3.8) is 0 Å². The summed E-state index contributed by atoms with van der Waals surface area (Å²) in [6.07, 6.45) is 3.37. The van der Waals surface area contributed by atoms with Crippen LogP contribution in [0.15, 0.2) is 65.4 Å². The second-order valence-corrected chi connectivity index (χ2v) is 5.78. The lowest BCUT2D eigenvalue weighted by molar-refractivity contribution is 0.199. The average Bonchev–Trinajstić information content (AvgIpc) is 2.97. The summed E-state index contributed by atoms with van der Waals surface area (Å²) in [6.45, 7) is 1.75. The van der Waals surface area contributed by atoms with Crippen LogP contribution in [0.2, 0.25) is 0 Å². The van der Waals surface area contributed by atoms with Crippen molar-refractivity contribution in [1.29, 1.82) is 0 Å². The normalized spacial score (nSPS) is 12.3. The van der Waals surface area contributed by atoms with E-state index in [0.29, 0.717) is 0 Å². The van der Waals surface area contributed by atoms with E-state index in [1.807, 2.05) is 53.5 Å². The molecule has 0 amide bonds. The molecule has 3 nitrogen and oxygen atoms in total. The molecule has 1 aromatic heterocycles. The number of hydrogen-bond acceptors (Lipinski definition) is 2. The predicted molar refractivity (Wildman–Crippen MR) is 87.3 cm³/mol. The highest BCUT2D eigenvalue weighted by Crippen LogP contribution is 2.26. The summed E-state index contributed by atoms with van der Waals surface area (Å²) in [5.41, 5.74) is 4.03. The third kappa shape index (κ3) is 2.91. The first-order chi connectivity index (χ1) is 10.1. The van der Waals surface area contributed by atoms with Crippen LogP contribution in [-0.4, -0.2) is 14.9 Å². The average molecular weight is 343 g/mol. The number of aromatic nitrogens is 2. The van der Waals surface area contributed by atoms with E-state index in [4.69, 9.17) is 0 Å². The van der Waals surface area contributed by atoms with Crippen molar-refractivity contribution in [3.8, 4) is 16.8 Å². The van der Waals surface area contributed by atoms with Gasteiger partial charge in [-0.2, -0.15) is 5.10 Å². The van der Waals surface area contributed by atoms with Crippen molar-refractivity contribution in [1.82, 2.24) is 9.78 Å². The smallest absolute Gasteiger partial charge is 0.0788 e. The summed E-state index contributed by atoms with van der Waals surface area (Å²) >= 11 is 3.55. The largest absolute Gasteiger partial charge is 0.389 e. The van der Waals surface area contributed by atoms with E-state index in [1.54, 1.807) is 6.92 Å². The molecule has 1 atom stereocenters. The van der Waals surface area contributed by atoms with Gasteiger partial charge in [0.2, 0.25) is 0 Å². The van der Waals surface area contributed by atoms with Crippen LogP contribution < -0.4 is 0 Å². The molecule has 0 radical (unpaired) electrons. The quantitative estimate of drug-likeness (QED) is 0.768. The Kier molecular flexibility index (Phi) is 3.90. The number of aliphatic hydroxyl groups excluding tert-OH is 1. The first kappa shape index (κ1) is 14.0. The van der Waals surface area contributed by atoms with Crippen LogP contribution in [0.4, 0.5) is 0 Å². The van der Waals surface area contributed by atoms with Gasteiger partial charge >= 0.3 is 0 Å². The van der Waals surface area contributed by atoms with Crippen LogP contribution in [0.5, 0.6) is 0 Å². The van der Waals surface area contributed by atoms with Gasteiger partial charge in [0.15, 0.2) is 0 Å². The van der Waals surface area contributed by atoms with E-state index < -0.39 is 6.10 Å². The number of nitrogens with zero attached hydrogens (tertiary/aromatic N) is 2. The summed E-state index contributed by atoms with van der Waals surface area (Å²) < 4.78 is 2.74. The van der Waals surface area contributed by atoms with Crippen molar-refractivity contribution in [2.75, 3.05) is 0 Å². The van der Waals surface area contributed by atoms with E-state index in [-0.39, 0.29) is 0 Å². The Hall–Kier alpha value is -1.91. The van der Waals surface area contributed by atoms with Gasteiger partial charge in [-0.1, -0.05) is 36.4 Å². The summed E-state index contributed by atoms with van der Waals surface area (Å²) in [6, 6.07) is 15.9. The highest BCUT2D eigenvalue weighted by atomic mass is 79.9. The third-order valence-electron chi connectivity index (χ3n) is 3.39. The monoisotopic (exact) mass is 342 g/mol. The second kappa shape index (κ2) is 5.84. The molecule has 3 aromatic rings. The summed E-state index contributed by atoms with van der Waals surface area (Å²) in [5.74, 6) is 0. The Labute approximate surface area is 132 Å². The molecular weight excluding hydrogens is 328 g/mol. The zero-order valence-electron chi connectivity index (χ0n) is 11.6. The molecule has 2 aromatic carbocycles. The van der Waals surface area contributed by atoms with Crippen molar-refractivity contribution >= 4 is 15.9 Å². The maximum atomic E-state index is 9.62. The van der Waals surface area contributed by atoms with E-state index in [1.165, 1.54) is 0 Å². The SMILES string of the molecule is C[C@H](O)c1ccc(-n2cc(-c3ccccc3)cn2)c(Br)c1. The molecule has 0 fully saturated rings. The molecule has 0 bridgehead atoms. The van der Waals surface area contributed by atoms with Gasteiger partial charge in [-0.3, -0.25) is 0 Å². The maximum absolute atomic E-state index is 9.62. The maximum Gasteiger partial charge on any atom is 0.0788 e. The molecule has 0 aliphatic rings. The van der Waals surface area contributed by atoms with Crippen molar-refractivity contribution in [2.45, 2.75) is 13.0 Å². The lowest BCUT2D eigenvalue weighted by atomic mass is 10.1. The molecule has 1 N–H and O–H groups in total. The lowest BCUT2D eigenvalue weighted by Crippen LogP contribution is -1.98. The molecule has 0 unspecified atom stereocenters. The lowest BCUT2D eigenvalue weighted by Gasteiger charge is -2.09. The molecule has 21 heavy (non-hydrogen) atoms. The zero-order valence-corrected chi connectivity index (χ0v) is 13.2. The van der Waals surface area contributed by atoms with Gasteiger partial charge in [0.1, 0.15) is 0 Å². The van der Waals surface area contributed by atoms with E-state index >= 15 is 0 Å². The van der Waals surface area contributed by atoms with Gasteiger partial charge in [-0.15, -0.1) is 0 Å². The van der Waals surface area contributed by atoms with Crippen molar-refractivity contribution in [2.24, 2.45) is 0 Å². The first-order valence-corrected chi connectivity index (χ1v) is 7.52. The van der Waals surface area contributed by atoms with Crippen LogP contribution in [-0.2, 0) is 0 Å². The number of benzene rings is 2. The van der Waals surface area contributed by atoms with Crippen LogP contribution >= 0.6 is 15.9 Å². The van der Waals surface area contributed by atoms with Crippen LogP contribution in [0.3, 0.4) is 0 Å². The van der Waals surface area contributed by atoms with E-state index in [0.717, 1.165) is 26.9 Å². The molecule has 0 aliphatic carbocycles.